The summed E-state index contributed by atoms with van der Waals surface area (Å²) in [5, 5.41) is 0. The predicted octanol–water partition coefficient (Wildman–Crippen LogP) is 2.13. The molecule has 1 aliphatic rings. The van der Waals surface area contributed by atoms with E-state index in [1.165, 1.54) is 0 Å². The second-order valence-corrected chi connectivity index (χ2v) is 4.55. The largest absolute Gasteiger partial charge is 0.424 e. The Kier molecular flexibility index (Phi) is 4.33. The minimum atomic E-state index is -0.612. The molecule has 1 aromatic rings. The van der Waals surface area contributed by atoms with E-state index in [9.17, 15) is 4.79 Å². The summed E-state index contributed by atoms with van der Waals surface area (Å²) in [6, 6.07) is 7.56. The summed E-state index contributed by atoms with van der Waals surface area (Å²) in [4.78, 5) is 11.9. The molecule has 0 aromatic heterocycles. The Morgan fingerprint density at radius 3 is 2.78 bits per heavy atom. The van der Waals surface area contributed by atoms with Crippen LogP contribution in [0.15, 0.2) is 24.3 Å². The number of hydrogen-bond acceptors (Lipinski definition) is 4. The molecule has 1 unspecified atom stereocenters. The first-order valence-electron chi connectivity index (χ1n) is 6.18. The first-order chi connectivity index (χ1) is 8.68. The zero-order chi connectivity index (χ0) is 13.0. The maximum atomic E-state index is 11.9. The van der Waals surface area contributed by atoms with Crippen LogP contribution in [-0.2, 0) is 14.3 Å². The number of benzene rings is 1. The van der Waals surface area contributed by atoms with Crippen LogP contribution < -0.4 is 4.74 Å². The fraction of sp³-hybridized carbons (Fsp3) is 0.500. The highest BCUT2D eigenvalue weighted by molar-refractivity contribution is 5.77. The number of esters is 1. The predicted molar refractivity (Wildman–Crippen MR) is 66.7 cm³/mol. The van der Waals surface area contributed by atoms with E-state index in [-0.39, 0.29) is 12.6 Å². The van der Waals surface area contributed by atoms with Crippen LogP contribution in [0.4, 0.5) is 0 Å². The number of carbonyl (C=O) groups is 1. The van der Waals surface area contributed by atoms with Gasteiger partial charge in [-0.2, -0.15) is 0 Å². The van der Waals surface area contributed by atoms with E-state index >= 15 is 0 Å². The van der Waals surface area contributed by atoms with Gasteiger partial charge in [0.2, 0.25) is 0 Å². The summed E-state index contributed by atoms with van der Waals surface area (Å²) in [5.41, 5.74) is 1.02. The Bertz CT molecular complexity index is 408. The molecule has 0 radical (unpaired) electrons. The molecule has 0 saturated carbocycles. The van der Waals surface area contributed by atoms with Gasteiger partial charge in [-0.25, -0.2) is 4.79 Å². The Morgan fingerprint density at radius 2 is 2.11 bits per heavy atom. The molecular formula is C14H18O4. The monoisotopic (exact) mass is 250 g/mol. The van der Waals surface area contributed by atoms with Crippen LogP contribution in [0.5, 0.6) is 5.75 Å². The van der Waals surface area contributed by atoms with Crippen LogP contribution in [0.1, 0.15) is 25.3 Å². The maximum Gasteiger partial charge on any atom is 0.343 e. The molecule has 1 atom stereocenters. The van der Waals surface area contributed by atoms with Crippen molar-refractivity contribution in [2.45, 2.75) is 25.9 Å². The van der Waals surface area contributed by atoms with Crippen molar-refractivity contribution in [2.75, 3.05) is 19.8 Å². The highest BCUT2D eigenvalue weighted by Crippen LogP contribution is 2.26. The standard InChI is InChI=1S/C14H18O4/c1-10(2)11-5-3-4-6-12(11)18-14(15)13-9-16-7-8-17-13/h3-6,10,13H,7-9H2,1-2H3. The number of rotatable bonds is 3. The zero-order valence-corrected chi connectivity index (χ0v) is 10.7. The van der Waals surface area contributed by atoms with Crippen LogP contribution in [0.2, 0.25) is 0 Å². The lowest BCUT2D eigenvalue weighted by Crippen LogP contribution is -2.38. The fourth-order valence-corrected chi connectivity index (χ4v) is 1.85. The van der Waals surface area contributed by atoms with Gasteiger partial charge in [0.05, 0.1) is 19.8 Å². The number of carbonyl (C=O) groups excluding carboxylic acids is 1. The van der Waals surface area contributed by atoms with Crippen LogP contribution in [0.25, 0.3) is 0 Å². The van der Waals surface area contributed by atoms with Gasteiger partial charge < -0.3 is 14.2 Å². The average Bonchev–Trinajstić information content (AvgIpc) is 2.40. The Morgan fingerprint density at radius 1 is 1.33 bits per heavy atom. The molecule has 1 heterocycles. The van der Waals surface area contributed by atoms with Crippen molar-refractivity contribution in [3.63, 3.8) is 0 Å². The van der Waals surface area contributed by atoms with Crippen molar-refractivity contribution in [3.8, 4) is 5.75 Å². The minimum absolute atomic E-state index is 0.267. The van der Waals surface area contributed by atoms with Gasteiger partial charge in [0.25, 0.3) is 0 Å². The summed E-state index contributed by atoms with van der Waals surface area (Å²) in [6.45, 7) is 5.36. The molecule has 0 N–H and O–H groups in total. The normalized spacial score (nSPS) is 19.8. The van der Waals surface area contributed by atoms with E-state index in [4.69, 9.17) is 14.2 Å². The lowest BCUT2D eigenvalue weighted by molar-refractivity contribution is -0.161. The Hall–Kier alpha value is -1.39. The van der Waals surface area contributed by atoms with Crippen molar-refractivity contribution in [2.24, 2.45) is 0 Å². The van der Waals surface area contributed by atoms with E-state index in [0.717, 1.165) is 5.56 Å². The molecule has 2 rings (SSSR count). The van der Waals surface area contributed by atoms with Gasteiger partial charge in [0.1, 0.15) is 5.75 Å². The number of ether oxygens (including phenoxy) is 3. The van der Waals surface area contributed by atoms with E-state index in [2.05, 4.69) is 13.8 Å². The number of hydrogen-bond donors (Lipinski definition) is 0. The lowest BCUT2D eigenvalue weighted by atomic mass is 10.0. The average molecular weight is 250 g/mol. The smallest absolute Gasteiger partial charge is 0.343 e. The van der Waals surface area contributed by atoms with Gasteiger partial charge in [0.15, 0.2) is 6.10 Å². The molecule has 98 valence electrons. The molecule has 1 aliphatic heterocycles. The highest BCUT2D eigenvalue weighted by Gasteiger charge is 2.25. The van der Waals surface area contributed by atoms with Crippen LogP contribution in [-0.4, -0.2) is 31.9 Å². The van der Waals surface area contributed by atoms with E-state index in [0.29, 0.717) is 24.9 Å². The topological polar surface area (TPSA) is 44.8 Å². The molecule has 18 heavy (non-hydrogen) atoms. The van der Waals surface area contributed by atoms with Crippen molar-refractivity contribution in [1.82, 2.24) is 0 Å². The van der Waals surface area contributed by atoms with E-state index in [1.54, 1.807) is 6.07 Å². The third-order valence-electron chi connectivity index (χ3n) is 2.83. The summed E-state index contributed by atoms with van der Waals surface area (Å²) in [5.74, 6) is 0.520. The van der Waals surface area contributed by atoms with Gasteiger partial charge in [0, 0.05) is 0 Å². The molecular weight excluding hydrogens is 232 g/mol. The van der Waals surface area contributed by atoms with Crippen molar-refractivity contribution in [1.29, 1.82) is 0 Å². The van der Waals surface area contributed by atoms with Crippen molar-refractivity contribution < 1.29 is 19.0 Å². The second-order valence-electron chi connectivity index (χ2n) is 4.55. The second kappa shape index (κ2) is 5.98. The van der Waals surface area contributed by atoms with Crippen LogP contribution in [0, 0.1) is 0 Å². The van der Waals surface area contributed by atoms with Crippen LogP contribution in [0.3, 0.4) is 0 Å². The third kappa shape index (κ3) is 3.09. The summed E-state index contributed by atoms with van der Waals surface area (Å²) < 4.78 is 15.9. The van der Waals surface area contributed by atoms with Crippen LogP contribution >= 0.6 is 0 Å². The van der Waals surface area contributed by atoms with Gasteiger partial charge in [-0.15, -0.1) is 0 Å². The Labute approximate surface area is 107 Å². The molecule has 0 spiro atoms. The molecule has 4 nitrogen and oxygen atoms in total. The van der Waals surface area contributed by atoms with E-state index < -0.39 is 6.10 Å². The quantitative estimate of drug-likeness (QED) is 0.609. The minimum Gasteiger partial charge on any atom is -0.424 e. The molecule has 4 heteroatoms. The number of para-hydroxylation sites is 1. The molecule has 0 bridgehead atoms. The molecule has 1 aromatic carbocycles. The molecule has 1 saturated heterocycles. The first kappa shape index (κ1) is 13.1. The molecule has 1 fully saturated rings. The third-order valence-corrected chi connectivity index (χ3v) is 2.83. The van der Waals surface area contributed by atoms with Gasteiger partial charge in [-0.1, -0.05) is 32.0 Å². The van der Waals surface area contributed by atoms with Gasteiger partial charge >= 0.3 is 5.97 Å². The highest BCUT2D eigenvalue weighted by atomic mass is 16.6. The fourth-order valence-electron chi connectivity index (χ4n) is 1.85. The van der Waals surface area contributed by atoms with Crippen molar-refractivity contribution in [3.05, 3.63) is 29.8 Å². The maximum absolute atomic E-state index is 11.9. The molecule has 0 amide bonds. The SMILES string of the molecule is CC(C)c1ccccc1OC(=O)C1COCCO1. The van der Waals surface area contributed by atoms with Gasteiger partial charge in [-0.3, -0.25) is 0 Å². The molecule has 0 aliphatic carbocycles. The van der Waals surface area contributed by atoms with E-state index in [1.807, 2.05) is 18.2 Å². The summed E-state index contributed by atoms with van der Waals surface area (Å²) in [6.07, 6.45) is -0.612. The Balaban J connectivity index is 2.06. The van der Waals surface area contributed by atoms with Crippen molar-refractivity contribution >= 4 is 5.97 Å². The lowest BCUT2D eigenvalue weighted by Gasteiger charge is -2.22. The summed E-state index contributed by atoms with van der Waals surface area (Å²) in [7, 11) is 0. The summed E-state index contributed by atoms with van der Waals surface area (Å²) >= 11 is 0. The zero-order valence-electron chi connectivity index (χ0n) is 10.7. The van der Waals surface area contributed by atoms with Gasteiger partial charge in [-0.05, 0) is 17.5 Å². The first-order valence-corrected chi connectivity index (χ1v) is 6.18.